The molecular weight excluding hydrogens is 378 g/mol. The highest BCUT2D eigenvalue weighted by Crippen LogP contribution is 2.26. The molecule has 0 aliphatic heterocycles. The lowest BCUT2D eigenvalue weighted by Gasteiger charge is -2.08. The van der Waals surface area contributed by atoms with Gasteiger partial charge in [-0.3, -0.25) is 19.1 Å². The smallest absolute Gasteiger partial charge is 0.273 e. The summed E-state index contributed by atoms with van der Waals surface area (Å²) in [7, 11) is 1.57. The van der Waals surface area contributed by atoms with Crippen LogP contribution in [0.3, 0.4) is 0 Å². The van der Waals surface area contributed by atoms with Crippen LogP contribution in [0.25, 0.3) is 21.5 Å². The van der Waals surface area contributed by atoms with Crippen molar-refractivity contribution in [2.75, 3.05) is 12.4 Å². The first kappa shape index (κ1) is 17.8. The number of fused-ring (bicyclic) bond motifs is 1. The van der Waals surface area contributed by atoms with Gasteiger partial charge in [0.05, 0.1) is 13.4 Å². The lowest BCUT2D eigenvalue weighted by molar-refractivity contribution is -0.116. The van der Waals surface area contributed by atoms with Crippen molar-refractivity contribution in [2.45, 2.75) is 6.54 Å². The van der Waals surface area contributed by atoms with Crippen LogP contribution in [0.15, 0.2) is 59.9 Å². The minimum Gasteiger partial charge on any atom is -0.497 e. The molecule has 3 aromatic heterocycles. The second-order valence-electron chi connectivity index (χ2n) is 5.90. The van der Waals surface area contributed by atoms with Crippen molar-refractivity contribution in [3.8, 4) is 17.0 Å². The van der Waals surface area contributed by atoms with Crippen LogP contribution in [0, 0.1) is 0 Å². The van der Waals surface area contributed by atoms with Crippen LogP contribution in [0.4, 0.5) is 5.69 Å². The van der Waals surface area contributed by atoms with Gasteiger partial charge in [0.15, 0.2) is 0 Å². The predicted octanol–water partition coefficient (Wildman–Crippen LogP) is 2.56. The number of methoxy groups -OCH3 is 1. The zero-order valence-electron chi connectivity index (χ0n) is 14.8. The Labute approximate surface area is 163 Å². The van der Waals surface area contributed by atoms with Crippen LogP contribution in [-0.2, 0) is 11.3 Å². The minimum atomic E-state index is -0.327. The second kappa shape index (κ2) is 7.57. The van der Waals surface area contributed by atoms with Crippen molar-refractivity contribution in [1.82, 2.24) is 18.9 Å². The fourth-order valence-corrected chi connectivity index (χ4v) is 3.50. The summed E-state index contributed by atoms with van der Waals surface area (Å²) in [6, 6.07) is 10.6. The lowest BCUT2D eigenvalue weighted by atomic mass is 10.2. The molecule has 0 saturated heterocycles. The molecular formula is C19H15N5O3S. The van der Waals surface area contributed by atoms with E-state index in [0.29, 0.717) is 27.3 Å². The molecule has 0 aliphatic carbocycles. The van der Waals surface area contributed by atoms with Crippen molar-refractivity contribution in [1.29, 1.82) is 0 Å². The number of anilines is 1. The zero-order valence-corrected chi connectivity index (χ0v) is 15.6. The van der Waals surface area contributed by atoms with Gasteiger partial charge < -0.3 is 10.1 Å². The van der Waals surface area contributed by atoms with E-state index in [2.05, 4.69) is 19.7 Å². The van der Waals surface area contributed by atoms with Gasteiger partial charge in [-0.25, -0.2) is 4.98 Å². The number of nitrogens with zero attached hydrogens (tertiary/aromatic N) is 4. The van der Waals surface area contributed by atoms with E-state index in [1.54, 1.807) is 43.8 Å². The van der Waals surface area contributed by atoms with Crippen LogP contribution in [0.2, 0.25) is 0 Å². The number of hydrogen-bond acceptors (Lipinski definition) is 7. The van der Waals surface area contributed by atoms with Gasteiger partial charge in [0, 0.05) is 23.6 Å². The molecule has 3 heterocycles. The highest BCUT2D eigenvalue weighted by molar-refractivity contribution is 7.13. The third kappa shape index (κ3) is 3.47. The first-order chi connectivity index (χ1) is 13.7. The van der Waals surface area contributed by atoms with Crippen molar-refractivity contribution in [2.24, 2.45) is 0 Å². The quantitative estimate of drug-likeness (QED) is 0.559. The second-order valence-corrected chi connectivity index (χ2v) is 6.67. The van der Waals surface area contributed by atoms with E-state index < -0.39 is 0 Å². The molecule has 1 amide bonds. The molecule has 8 nitrogen and oxygen atoms in total. The number of benzene rings is 1. The molecule has 1 aromatic carbocycles. The third-order valence-electron chi connectivity index (χ3n) is 4.09. The van der Waals surface area contributed by atoms with Crippen LogP contribution in [-0.4, -0.2) is 31.9 Å². The fourth-order valence-electron chi connectivity index (χ4n) is 2.70. The molecule has 28 heavy (non-hydrogen) atoms. The first-order valence-corrected chi connectivity index (χ1v) is 9.12. The van der Waals surface area contributed by atoms with Gasteiger partial charge in [-0.15, -0.1) is 0 Å². The maximum absolute atomic E-state index is 12.7. The Morgan fingerprint density at radius 3 is 2.64 bits per heavy atom. The Kier molecular flexibility index (Phi) is 4.81. The number of pyridine rings is 1. The summed E-state index contributed by atoms with van der Waals surface area (Å²) in [5.74, 6) is 0.367. The Bertz CT molecular complexity index is 1190. The largest absolute Gasteiger partial charge is 0.497 e. The molecule has 1 N–H and O–H groups in total. The lowest BCUT2D eigenvalue weighted by Crippen LogP contribution is -2.27. The van der Waals surface area contributed by atoms with Crippen LogP contribution < -0.4 is 15.6 Å². The maximum atomic E-state index is 12.7. The molecule has 0 atom stereocenters. The summed E-state index contributed by atoms with van der Waals surface area (Å²) >= 11 is 1.07. The number of aromatic nitrogens is 4. The summed E-state index contributed by atoms with van der Waals surface area (Å²) in [6.45, 7) is -0.143. The average Bonchev–Trinajstić information content (AvgIpc) is 3.16. The van der Waals surface area contributed by atoms with E-state index in [1.807, 2.05) is 12.1 Å². The summed E-state index contributed by atoms with van der Waals surface area (Å²) in [5, 5.41) is 2.75. The van der Waals surface area contributed by atoms with Gasteiger partial charge in [-0.2, -0.15) is 4.37 Å². The normalized spacial score (nSPS) is 10.8. The average molecular weight is 393 g/mol. The van der Waals surface area contributed by atoms with E-state index in [9.17, 15) is 9.59 Å². The monoisotopic (exact) mass is 393 g/mol. The van der Waals surface area contributed by atoms with E-state index in [1.165, 1.54) is 10.9 Å². The molecule has 4 aromatic rings. The van der Waals surface area contributed by atoms with Crippen molar-refractivity contribution in [3.05, 3.63) is 65.5 Å². The minimum absolute atomic E-state index is 0.143. The molecule has 0 spiro atoms. The molecule has 140 valence electrons. The number of carbonyl (C=O) groups is 1. The zero-order chi connectivity index (χ0) is 19.5. The Hall–Kier alpha value is -3.59. The molecule has 0 aliphatic rings. The third-order valence-corrected chi connectivity index (χ3v) is 4.91. The van der Waals surface area contributed by atoms with Crippen LogP contribution in [0.1, 0.15) is 0 Å². The summed E-state index contributed by atoms with van der Waals surface area (Å²) < 4.78 is 11.1. The van der Waals surface area contributed by atoms with Crippen LogP contribution in [0.5, 0.6) is 5.75 Å². The van der Waals surface area contributed by atoms with Gasteiger partial charge in [0.1, 0.15) is 28.2 Å². The number of ether oxygens (including phenoxy) is 1. The van der Waals surface area contributed by atoms with E-state index in [-0.39, 0.29) is 18.0 Å². The molecule has 0 radical (unpaired) electrons. The standard InChI is InChI=1S/C19H15N5O3S/c1-27-14-4-2-13(3-5-14)22-15(25)10-24-11-21-17-16(12-6-8-20-9-7-12)23-28-18(17)19(24)26/h2-9,11H,10H2,1H3,(H,22,25). The highest BCUT2D eigenvalue weighted by atomic mass is 32.1. The fraction of sp³-hybridized carbons (Fsp3) is 0.105. The Balaban J connectivity index is 1.56. The van der Waals surface area contributed by atoms with Crippen molar-refractivity contribution < 1.29 is 9.53 Å². The Morgan fingerprint density at radius 2 is 1.93 bits per heavy atom. The highest BCUT2D eigenvalue weighted by Gasteiger charge is 2.15. The predicted molar refractivity (Wildman–Crippen MR) is 107 cm³/mol. The molecule has 9 heteroatoms. The Morgan fingerprint density at radius 1 is 1.18 bits per heavy atom. The van der Waals surface area contributed by atoms with Crippen LogP contribution >= 0.6 is 11.5 Å². The SMILES string of the molecule is COc1ccc(NC(=O)Cn2cnc3c(-c4ccncc4)nsc3c2=O)cc1. The van der Waals surface area contributed by atoms with Crippen molar-refractivity contribution >= 4 is 33.3 Å². The topological polar surface area (TPSA) is 99.0 Å². The number of hydrogen-bond donors (Lipinski definition) is 1. The van der Waals surface area contributed by atoms with Gasteiger partial charge in [0.25, 0.3) is 5.56 Å². The summed E-state index contributed by atoms with van der Waals surface area (Å²) in [6.07, 6.45) is 4.69. The molecule has 4 rings (SSSR count). The van der Waals surface area contributed by atoms with E-state index in [4.69, 9.17) is 4.74 Å². The van der Waals surface area contributed by atoms with Crippen molar-refractivity contribution in [3.63, 3.8) is 0 Å². The molecule has 0 unspecified atom stereocenters. The number of amides is 1. The molecule has 0 fully saturated rings. The summed E-state index contributed by atoms with van der Waals surface area (Å²) in [4.78, 5) is 33.4. The van der Waals surface area contributed by atoms with Gasteiger partial charge >= 0.3 is 0 Å². The summed E-state index contributed by atoms with van der Waals surface area (Å²) in [5.41, 5.74) is 2.31. The van der Waals surface area contributed by atoms with Gasteiger partial charge in [0.2, 0.25) is 5.91 Å². The van der Waals surface area contributed by atoms with E-state index in [0.717, 1.165) is 17.1 Å². The molecule has 0 bridgehead atoms. The number of rotatable bonds is 5. The van der Waals surface area contributed by atoms with E-state index >= 15 is 0 Å². The van der Waals surface area contributed by atoms with Gasteiger partial charge in [-0.1, -0.05) is 0 Å². The molecule has 0 saturated carbocycles. The number of nitrogens with one attached hydrogen (secondary N) is 1. The first-order valence-electron chi connectivity index (χ1n) is 8.35. The van der Waals surface area contributed by atoms with Gasteiger partial charge in [-0.05, 0) is 47.9 Å². The maximum Gasteiger partial charge on any atom is 0.273 e. The number of carbonyl (C=O) groups excluding carboxylic acids is 1.